The Kier molecular flexibility index (Phi) is 3.98. The van der Waals surface area contributed by atoms with Crippen LogP contribution in [0.25, 0.3) is 0 Å². The monoisotopic (exact) mass is 338 g/mol. The molecule has 2 bridgehead atoms. The summed E-state index contributed by atoms with van der Waals surface area (Å²) < 4.78 is 6.44. The van der Waals surface area contributed by atoms with Crippen molar-refractivity contribution in [1.29, 1.82) is 0 Å². The molecule has 108 valence electrons. The lowest BCUT2D eigenvalue weighted by molar-refractivity contribution is 0.0405. The Bertz CT molecular complexity index is 491. The molecule has 0 N–H and O–H groups in total. The zero-order valence-corrected chi connectivity index (χ0v) is 13.2. The van der Waals surface area contributed by atoms with Crippen molar-refractivity contribution in [1.82, 2.24) is 9.80 Å². The number of hydrogen-bond donors (Lipinski definition) is 0. The predicted molar refractivity (Wildman–Crippen MR) is 80.9 cm³/mol. The summed E-state index contributed by atoms with van der Waals surface area (Å²) in [6, 6.07) is 7.85. The third-order valence-corrected chi connectivity index (χ3v) is 4.83. The third-order valence-electron chi connectivity index (χ3n) is 4.31. The minimum Gasteiger partial charge on any atom is -0.410 e. The van der Waals surface area contributed by atoms with Crippen LogP contribution in [0.3, 0.4) is 0 Å². The first kappa shape index (κ1) is 13.9. The molecule has 5 heteroatoms. The SMILES string of the molecule is CN1CC[C@H]2C[C@@H]1CN(C(=O)Oc1ccc(Br)cc1)C2. The third kappa shape index (κ3) is 2.99. The zero-order chi connectivity index (χ0) is 14.1. The number of nitrogens with zero attached hydrogens (tertiary/aromatic N) is 2. The van der Waals surface area contributed by atoms with Crippen molar-refractivity contribution in [3.05, 3.63) is 28.7 Å². The Morgan fingerprint density at radius 3 is 2.80 bits per heavy atom. The fourth-order valence-corrected chi connectivity index (χ4v) is 3.35. The number of carbonyl (C=O) groups excluding carboxylic acids is 1. The van der Waals surface area contributed by atoms with Gasteiger partial charge in [0.1, 0.15) is 5.75 Å². The number of hydrogen-bond acceptors (Lipinski definition) is 3. The highest BCUT2D eigenvalue weighted by molar-refractivity contribution is 9.10. The van der Waals surface area contributed by atoms with Crippen molar-refractivity contribution in [3.63, 3.8) is 0 Å². The van der Waals surface area contributed by atoms with Crippen LogP contribution in [-0.4, -0.2) is 48.6 Å². The van der Waals surface area contributed by atoms with Crippen LogP contribution in [0.1, 0.15) is 12.8 Å². The Hall–Kier alpha value is -1.07. The molecule has 2 aliphatic heterocycles. The van der Waals surface area contributed by atoms with Crippen LogP contribution < -0.4 is 4.74 Å². The van der Waals surface area contributed by atoms with E-state index in [9.17, 15) is 4.79 Å². The van der Waals surface area contributed by atoms with Gasteiger partial charge in [-0.2, -0.15) is 0 Å². The van der Waals surface area contributed by atoms with Gasteiger partial charge in [-0.05, 0) is 56.6 Å². The second-order valence-electron chi connectivity index (χ2n) is 5.75. The normalized spacial score (nSPS) is 26.4. The summed E-state index contributed by atoms with van der Waals surface area (Å²) in [6.45, 7) is 2.76. The summed E-state index contributed by atoms with van der Waals surface area (Å²) in [5, 5.41) is 0. The molecule has 2 heterocycles. The molecule has 20 heavy (non-hydrogen) atoms. The van der Waals surface area contributed by atoms with E-state index >= 15 is 0 Å². The van der Waals surface area contributed by atoms with Crippen molar-refractivity contribution in [3.8, 4) is 5.75 Å². The number of fused-ring (bicyclic) bond motifs is 2. The molecule has 0 spiro atoms. The van der Waals surface area contributed by atoms with Gasteiger partial charge in [0.05, 0.1) is 0 Å². The van der Waals surface area contributed by atoms with E-state index < -0.39 is 0 Å². The highest BCUT2D eigenvalue weighted by atomic mass is 79.9. The number of piperidine rings is 2. The maximum absolute atomic E-state index is 12.3. The highest BCUT2D eigenvalue weighted by Crippen LogP contribution is 2.28. The van der Waals surface area contributed by atoms with Crippen LogP contribution >= 0.6 is 15.9 Å². The summed E-state index contributed by atoms with van der Waals surface area (Å²) in [5.41, 5.74) is 0. The Balaban J connectivity index is 1.64. The molecule has 4 nitrogen and oxygen atoms in total. The molecule has 0 radical (unpaired) electrons. The zero-order valence-electron chi connectivity index (χ0n) is 11.6. The Labute approximate surface area is 127 Å². The van der Waals surface area contributed by atoms with Crippen LogP contribution in [0.4, 0.5) is 4.79 Å². The standard InChI is InChI=1S/C15H19BrN2O2/c1-17-7-6-11-8-13(17)10-18(9-11)15(19)20-14-4-2-12(16)3-5-14/h2-5,11,13H,6-10H2,1H3/t11-,13+/m0/s1. The number of benzene rings is 1. The molecule has 3 rings (SSSR count). The number of ether oxygens (including phenoxy) is 1. The number of likely N-dealkylation sites (tertiary alicyclic amines) is 2. The quantitative estimate of drug-likeness (QED) is 0.789. The first-order chi connectivity index (χ1) is 9.61. The second kappa shape index (κ2) is 5.74. The lowest BCUT2D eigenvalue weighted by atomic mass is 9.87. The number of halogens is 1. The lowest BCUT2D eigenvalue weighted by Gasteiger charge is -2.45. The maximum Gasteiger partial charge on any atom is 0.415 e. The van der Waals surface area contributed by atoms with Crippen molar-refractivity contribution in [2.45, 2.75) is 18.9 Å². The number of carbonyl (C=O) groups is 1. The summed E-state index contributed by atoms with van der Waals surface area (Å²) in [7, 11) is 2.14. The smallest absolute Gasteiger partial charge is 0.410 e. The molecule has 0 saturated carbocycles. The first-order valence-electron chi connectivity index (χ1n) is 7.04. The molecule has 2 atom stereocenters. The van der Waals surface area contributed by atoms with Crippen LogP contribution in [0.2, 0.25) is 0 Å². The van der Waals surface area contributed by atoms with Gasteiger partial charge >= 0.3 is 6.09 Å². The molecule has 2 fully saturated rings. The van der Waals surface area contributed by atoms with Gasteiger partial charge in [-0.15, -0.1) is 0 Å². The second-order valence-corrected chi connectivity index (χ2v) is 6.67. The van der Waals surface area contributed by atoms with Crippen molar-refractivity contribution >= 4 is 22.0 Å². The van der Waals surface area contributed by atoms with E-state index in [1.807, 2.05) is 17.0 Å². The van der Waals surface area contributed by atoms with Crippen LogP contribution in [0.5, 0.6) is 5.75 Å². The van der Waals surface area contributed by atoms with Gasteiger partial charge in [-0.25, -0.2) is 4.79 Å². The fourth-order valence-electron chi connectivity index (χ4n) is 3.09. The van der Waals surface area contributed by atoms with E-state index in [0.717, 1.165) is 24.1 Å². The minimum atomic E-state index is -0.225. The van der Waals surface area contributed by atoms with Crippen LogP contribution in [0.15, 0.2) is 28.7 Å². The minimum absolute atomic E-state index is 0.225. The van der Waals surface area contributed by atoms with Gasteiger partial charge in [0.25, 0.3) is 0 Å². The topological polar surface area (TPSA) is 32.8 Å². The molecule has 2 saturated heterocycles. The Morgan fingerprint density at radius 1 is 1.30 bits per heavy atom. The predicted octanol–water partition coefficient (Wildman–Crippen LogP) is 2.97. The number of likely N-dealkylation sites (N-methyl/N-ethyl adjacent to an activating group) is 1. The van der Waals surface area contributed by atoms with Crippen molar-refractivity contribution < 1.29 is 9.53 Å². The number of rotatable bonds is 1. The van der Waals surface area contributed by atoms with E-state index in [2.05, 4.69) is 27.9 Å². The molecule has 1 amide bonds. The van der Waals surface area contributed by atoms with Crippen LogP contribution in [-0.2, 0) is 0 Å². The van der Waals surface area contributed by atoms with Gasteiger partial charge in [-0.3, -0.25) is 0 Å². The van der Waals surface area contributed by atoms with E-state index in [1.165, 1.54) is 12.8 Å². The van der Waals surface area contributed by atoms with Gasteiger partial charge in [0, 0.05) is 23.6 Å². The number of amides is 1. The van der Waals surface area contributed by atoms with Gasteiger partial charge in [0.15, 0.2) is 0 Å². The molecule has 1 aromatic rings. The lowest BCUT2D eigenvalue weighted by Crippen LogP contribution is -2.55. The maximum atomic E-state index is 12.3. The van der Waals surface area contributed by atoms with Gasteiger partial charge in [0.2, 0.25) is 0 Å². The first-order valence-corrected chi connectivity index (χ1v) is 7.83. The van der Waals surface area contributed by atoms with Crippen molar-refractivity contribution in [2.75, 3.05) is 26.7 Å². The average Bonchev–Trinajstić information content (AvgIpc) is 2.45. The molecular formula is C15H19BrN2O2. The fraction of sp³-hybridized carbons (Fsp3) is 0.533. The van der Waals surface area contributed by atoms with Crippen molar-refractivity contribution in [2.24, 2.45) is 5.92 Å². The van der Waals surface area contributed by atoms with Crippen LogP contribution in [0, 0.1) is 5.92 Å². The summed E-state index contributed by atoms with van der Waals surface area (Å²) in [6.07, 6.45) is 2.16. The Morgan fingerprint density at radius 2 is 2.05 bits per heavy atom. The van der Waals surface area contributed by atoms with E-state index in [4.69, 9.17) is 4.74 Å². The molecule has 0 aromatic heterocycles. The molecule has 1 aromatic carbocycles. The molecule has 0 aliphatic carbocycles. The van der Waals surface area contributed by atoms with Gasteiger partial charge < -0.3 is 14.5 Å². The van der Waals surface area contributed by atoms with E-state index in [-0.39, 0.29) is 6.09 Å². The van der Waals surface area contributed by atoms with E-state index in [0.29, 0.717) is 17.7 Å². The van der Waals surface area contributed by atoms with E-state index in [1.54, 1.807) is 12.1 Å². The largest absolute Gasteiger partial charge is 0.415 e. The summed E-state index contributed by atoms with van der Waals surface area (Å²) in [4.78, 5) is 16.5. The summed E-state index contributed by atoms with van der Waals surface area (Å²) >= 11 is 3.37. The van der Waals surface area contributed by atoms with Gasteiger partial charge in [-0.1, -0.05) is 15.9 Å². The highest BCUT2D eigenvalue weighted by Gasteiger charge is 2.36. The molecule has 2 aliphatic rings. The molecular weight excluding hydrogens is 320 g/mol. The molecule has 0 unspecified atom stereocenters. The summed E-state index contributed by atoms with van der Waals surface area (Å²) in [5.74, 6) is 1.23. The average molecular weight is 339 g/mol.